The highest BCUT2D eigenvalue weighted by atomic mass is 127. The number of likely N-dealkylation sites (tertiary alicyclic amines) is 1. The van der Waals surface area contributed by atoms with E-state index in [1.807, 2.05) is 25.1 Å². The van der Waals surface area contributed by atoms with Gasteiger partial charge in [0.1, 0.15) is 5.75 Å². The number of aliphatic imine (C=N–C) groups is 1. The van der Waals surface area contributed by atoms with Crippen LogP contribution >= 0.6 is 24.0 Å². The number of sulfonamides is 1. The van der Waals surface area contributed by atoms with Crippen LogP contribution in [-0.2, 0) is 10.0 Å². The van der Waals surface area contributed by atoms with Gasteiger partial charge in [0.25, 0.3) is 0 Å². The van der Waals surface area contributed by atoms with Crippen molar-refractivity contribution in [1.82, 2.24) is 15.5 Å². The number of rotatable bonds is 9. The third-order valence-corrected chi connectivity index (χ3v) is 5.30. The van der Waals surface area contributed by atoms with Gasteiger partial charge in [-0.15, -0.1) is 24.0 Å². The lowest BCUT2D eigenvalue weighted by molar-refractivity contribution is 0.245. The number of guanidine groups is 1. The maximum Gasteiger partial charge on any atom is 0.210 e. The highest BCUT2D eigenvalue weighted by Gasteiger charge is 2.25. The quantitative estimate of drug-likeness (QED) is 0.255. The molecule has 2 rings (SSSR count). The molecule has 1 aliphatic heterocycles. The number of methoxy groups -OCH3 is 1. The van der Waals surface area contributed by atoms with Crippen LogP contribution in [-0.4, -0.2) is 64.9 Å². The van der Waals surface area contributed by atoms with E-state index < -0.39 is 10.0 Å². The molecule has 8 nitrogen and oxygen atoms in total. The van der Waals surface area contributed by atoms with Crippen LogP contribution in [0.5, 0.6) is 5.75 Å². The van der Waals surface area contributed by atoms with Crippen LogP contribution in [0.2, 0.25) is 0 Å². The summed E-state index contributed by atoms with van der Waals surface area (Å²) in [5, 5.41) is 11.2. The van der Waals surface area contributed by atoms with Crippen molar-refractivity contribution in [3.63, 3.8) is 0 Å². The zero-order valence-electron chi connectivity index (χ0n) is 16.6. The van der Waals surface area contributed by atoms with Gasteiger partial charge in [0.05, 0.1) is 25.4 Å². The Morgan fingerprint density at radius 1 is 1.29 bits per heavy atom. The normalized spacial score (nSPS) is 16.3. The highest BCUT2D eigenvalue weighted by molar-refractivity contribution is 14.0. The Balaban J connectivity index is 0.00000392. The second-order valence-electron chi connectivity index (χ2n) is 6.51. The predicted molar refractivity (Wildman–Crippen MR) is 124 cm³/mol. The average Bonchev–Trinajstić information content (AvgIpc) is 3.15. The molecule has 1 aromatic carbocycles. The fourth-order valence-electron chi connectivity index (χ4n) is 3.24. The van der Waals surface area contributed by atoms with Crippen LogP contribution < -0.4 is 20.5 Å². The molecule has 0 spiro atoms. The van der Waals surface area contributed by atoms with Crippen molar-refractivity contribution in [3.8, 4) is 5.75 Å². The minimum absolute atomic E-state index is 0. The molecule has 10 heteroatoms. The Morgan fingerprint density at radius 3 is 2.57 bits per heavy atom. The first-order chi connectivity index (χ1) is 12.9. The largest absolute Gasteiger partial charge is 0.496 e. The summed E-state index contributed by atoms with van der Waals surface area (Å²) in [5.74, 6) is 1.30. The minimum atomic E-state index is -3.50. The summed E-state index contributed by atoms with van der Waals surface area (Å²) < 4.78 is 27.8. The summed E-state index contributed by atoms with van der Waals surface area (Å²) in [6.07, 6.45) is 2.37. The number of halogens is 1. The van der Waals surface area contributed by atoms with Gasteiger partial charge in [-0.25, -0.2) is 13.6 Å². The van der Waals surface area contributed by atoms with E-state index in [4.69, 9.17) is 14.9 Å². The van der Waals surface area contributed by atoms with Crippen LogP contribution in [0.15, 0.2) is 29.3 Å². The second kappa shape index (κ2) is 12.5. The van der Waals surface area contributed by atoms with Gasteiger partial charge in [-0.05, 0) is 38.9 Å². The monoisotopic (exact) mass is 525 g/mol. The van der Waals surface area contributed by atoms with Gasteiger partial charge in [0.15, 0.2) is 5.96 Å². The van der Waals surface area contributed by atoms with Gasteiger partial charge in [0.2, 0.25) is 10.0 Å². The van der Waals surface area contributed by atoms with Crippen molar-refractivity contribution >= 4 is 40.0 Å². The zero-order chi connectivity index (χ0) is 19.7. The van der Waals surface area contributed by atoms with Crippen LogP contribution in [0.25, 0.3) is 0 Å². The standard InChI is InChI=1S/C18H31N5O3S.HI/c1-3-20-18(21-10-13-27(19,24)25)22-14-16(23-11-6-7-12-23)15-8-4-5-9-17(15)26-2;/h4-5,8-9,16H,3,6-7,10-14H2,1-2H3,(H2,19,24,25)(H2,20,21,22);1H. The van der Waals surface area contributed by atoms with E-state index in [1.54, 1.807) is 7.11 Å². The fraction of sp³-hybridized carbons (Fsp3) is 0.611. The molecule has 0 saturated carbocycles. The van der Waals surface area contributed by atoms with Gasteiger partial charge < -0.3 is 15.4 Å². The zero-order valence-corrected chi connectivity index (χ0v) is 19.7. The maximum absolute atomic E-state index is 11.1. The predicted octanol–water partition coefficient (Wildman–Crippen LogP) is 1.29. The number of benzene rings is 1. The van der Waals surface area contributed by atoms with Crippen molar-refractivity contribution in [3.05, 3.63) is 29.8 Å². The molecule has 160 valence electrons. The lowest BCUT2D eigenvalue weighted by Gasteiger charge is -2.28. The molecule has 28 heavy (non-hydrogen) atoms. The molecule has 0 amide bonds. The number of nitrogens with one attached hydrogen (secondary N) is 2. The molecule has 1 unspecified atom stereocenters. The molecule has 1 aliphatic rings. The number of hydrogen-bond donors (Lipinski definition) is 3. The van der Waals surface area contributed by atoms with Crippen molar-refractivity contribution < 1.29 is 13.2 Å². The number of nitrogens with two attached hydrogens (primary N) is 1. The van der Waals surface area contributed by atoms with Crippen LogP contribution in [0.1, 0.15) is 31.4 Å². The average molecular weight is 525 g/mol. The van der Waals surface area contributed by atoms with Gasteiger partial charge in [-0.1, -0.05) is 18.2 Å². The van der Waals surface area contributed by atoms with E-state index in [0.717, 1.165) is 24.4 Å². The Morgan fingerprint density at radius 2 is 1.96 bits per heavy atom. The summed E-state index contributed by atoms with van der Waals surface area (Å²) in [5.41, 5.74) is 1.12. The maximum atomic E-state index is 11.1. The first kappa shape index (κ1) is 24.9. The van der Waals surface area contributed by atoms with E-state index in [0.29, 0.717) is 19.0 Å². The van der Waals surface area contributed by atoms with Gasteiger partial charge >= 0.3 is 0 Å². The summed E-state index contributed by atoms with van der Waals surface area (Å²) in [4.78, 5) is 7.12. The van der Waals surface area contributed by atoms with Crippen molar-refractivity contribution in [2.75, 3.05) is 45.6 Å². The summed E-state index contributed by atoms with van der Waals surface area (Å²) in [6.45, 7) is 5.49. The van der Waals surface area contributed by atoms with Crippen LogP contribution in [0, 0.1) is 0 Å². The fourth-order valence-corrected chi connectivity index (χ4v) is 3.62. The molecule has 0 aliphatic carbocycles. The van der Waals surface area contributed by atoms with Gasteiger partial charge in [-0.2, -0.15) is 0 Å². The summed E-state index contributed by atoms with van der Waals surface area (Å²) in [7, 11) is -1.82. The van der Waals surface area contributed by atoms with E-state index >= 15 is 0 Å². The Bertz CT molecular complexity index is 724. The lowest BCUT2D eigenvalue weighted by Crippen LogP contribution is -2.41. The molecule has 1 fully saturated rings. The van der Waals surface area contributed by atoms with Crippen LogP contribution in [0.4, 0.5) is 0 Å². The van der Waals surface area contributed by atoms with E-state index in [-0.39, 0.29) is 42.3 Å². The summed E-state index contributed by atoms with van der Waals surface area (Å²) in [6, 6.07) is 8.14. The molecule has 1 heterocycles. The summed E-state index contributed by atoms with van der Waals surface area (Å²) >= 11 is 0. The molecule has 1 saturated heterocycles. The Kier molecular flexibility index (Phi) is 11.1. The number of nitrogens with zero attached hydrogens (tertiary/aromatic N) is 2. The van der Waals surface area contributed by atoms with Crippen molar-refractivity contribution in [1.29, 1.82) is 0 Å². The number of primary sulfonamides is 1. The minimum Gasteiger partial charge on any atom is -0.496 e. The highest BCUT2D eigenvalue weighted by Crippen LogP contribution is 2.31. The lowest BCUT2D eigenvalue weighted by atomic mass is 10.0. The van der Waals surface area contributed by atoms with Crippen molar-refractivity contribution in [2.45, 2.75) is 25.8 Å². The second-order valence-corrected chi connectivity index (χ2v) is 8.25. The molecule has 0 bridgehead atoms. The third-order valence-electron chi connectivity index (χ3n) is 4.52. The van der Waals surface area contributed by atoms with E-state index in [1.165, 1.54) is 12.8 Å². The third kappa shape index (κ3) is 8.10. The smallest absolute Gasteiger partial charge is 0.210 e. The van der Waals surface area contributed by atoms with Crippen LogP contribution in [0.3, 0.4) is 0 Å². The molecular weight excluding hydrogens is 493 g/mol. The van der Waals surface area contributed by atoms with E-state index in [9.17, 15) is 8.42 Å². The van der Waals surface area contributed by atoms with E-state index in [2.05, 4.69) is 21.6 Å². The van der Waals surface area contributed by atoms with Crippen molar-refractivity contribution in [2.24, 2.45) is 10.1 Å². The Hall–Kier alpha value is -1.11. The van der Waals surface area contributed by atoms with Gasteiger partial charge in [-0.3, -0.25) is 9.89 Å². The molecule has 0 aromatic heterocycles. The molecule has 1 atom stereocenters. The number of para-hydroxylation sites is 1. The first-order valence-corrected chi connectivity index (χ1v) is 11.1. The number of hydrogen-bond acceptors (Lipinski definition) is 5. The number of ether oxygens (including phenoxy) is 1. The topological polar surface area (TPSA) is 109 Å². The first-order valence-electron chi connectivity index (χ1n) is 9.34. The molecule has 1 aromatic rings. The van der Waals surface area contributed by atoms with Gasteiger partial charge in [0, 0.05) is 18.7 Å². The Labute approximate surface area is 185 Å². The molecular formula is C18H32IN5O3S. The molecule has 0 radical (unpaired) electrons. The SMILES string of the molecule is CCNC(=NCC(c1ccccc1OC)N1CCCC1)NCCS(N)(=O)=O.I. The molecule has 4 N–H and O–H groups in total.